The van der Waals surface area contributed by atoms with Gasteiger partial charge in [-0.1, -0.05) is 30.3 Å². The number of nitrogens with zero attached hydrogens (tertiary/aromatic N) is 3. The molecule has 24 heavy (non-hydrogen) atoms. The molecule has 0 bridgehead atoms. The number of aromatic nitrogens is 2. The summed E-state index contributed by atoms with van der Waals surface area (Å²) < 4.78 is 7.47. The summed E-state index contributed by atoms with van der Waals surface area (Å²) in [5.74, 6) is 1.35. The van der Waals surface area contributed by atoms with Crippen LogP contribution in [0.2, 0.25) is 0 Å². The van der Waals surface area contributed by atoms with Crippen LogP contribution in [-0.2, 0) is 6.61 Å². The molecule has 0 saturated carbocycles. The van der Waals surface area contributed by atoms with Crippen LogP contribution in [0.15, 0.2) is 54.6 Å². The highest BCUT2D eigenvalue weighted by Gasteiger charge is 2.23. The number of imidazole rings is 1. The average molecular weight is 323 g/mol. The van der Waals surface area contributed by atoms with Crippen molar-refractivity contribution in [3.8, 4) is 5.75 Å². The molecule has 0 saturated heterocycles. The zero-order valence-electron chi connectivity index (χ0n) is 14.1. The molecule has 0 aliphatic rings. The standard InChI is InChI=1S/C19H21N3O2/c1-14(21(2)3)19(23)22-17-12-8-7-11-16(17)20-18(22)13-24-15-9-5-4-6-10-15/h4-12,14H,13H2,1-3H3. The van der Waals surface area contributed by atoms with Gasteiger partial charge in [0.2, 0.25) is 5.91 Å². The van der Waals surface area contributed by atoms with Gasteiger partial charge >= 0.3 is 0 Å². The Bertz CT molecular complexity index is 840. The van der Waals surface area contributed by atoms with Crippen molar-refractivity contribution in [3.05, 3.63) is 60.4 Å². The fraction of sp³-hybridized carbons (Fsp3) is 0.263. The molecule has 0 spiro atoms. The fourth-order valence-corrected chi connectivity index (χ4v) is 2.49. The number of ether oxygens (including phenoxy) is 1. The van der Waals surface area contributed by atoms with Gasteiger partial charge in [0.15, 0.2) is 5.82 Å². The van der Waals surface area contributed by atoms with Crippen molar-refractivity contribution in [3.63, 3.8) is 0 Å². The highest BCUT2D eigenvalue weighted by atomic mass is 16.5. The van der Waals surface area contributed by atoms with E-state index in [1.807, 2.05) is 80.5 Å². The molecular weight excluding hydrogens is 302 g/mol. The molecule has 1 aromatic heterocycles. The lowest BCUT2D eigenvalue weighted by atomic mass is 10.2. The minimum Gasteiger partial charge on any atom is -0.486 e. The molecule has 2 aromatic carbocycles. The minimum absolute atomic E-state index is 0.0136. The van der Waals surface area contributed by atoms with E-state index in [1.54, 1.807) is 4.57 Å². The highest BCUT2D eigenvalue weighted by molar-refractivity contribution is 5.93. The van der Waals surface area contributed by atoms with E-state index < -0.39 is 0 Å². The van der Waals surface area contributed by atoms with Crippen molar-refractivity contribution in [2.24, 2.45) is 0 Å². The molecule has 0 amide bonds. The zero-order chi connectivity index (χ0) is 17.1. The average Bonchev–Trinajstić information content (AvgIpc) is 2.97. The van der Waals surface area contributed by atoms with Crippen LogP contribution in [0.4, 0.5) is 0 Å². The van der Waals surface area contributed by atoms with Gasteiger partial charge in [0, 0.05) is 0 Å². The van der Waals surface area contributed by atoms with Crippen LogP contribution in [0, 0.1) is 0 Å². The smallest absolute Gasteiger partial charge is 0.249 e. The van der Waals surface area contributed by atoms with Crippen molar-refractivity contribution in [2.45, 2.75) is 19.6 Å². The van der Waals surface area contributed by atoms with Crippen LogP contribution in [0.25, 0.3) is 11.0 Å². The van der Waals surface area contributed by atoms with Gasteiger partial charge in [-0.2, -0.15) is 0 Å². The first-order chi connectivity index (χ1) is 11.6. The number of para-hydroxylation sites is 3. The first-order valence-corrected chi connectivity index (χ1v) is 7.93. The number of benzene rings is 2. The second-order valence-corrected chi connectivity index (χ2v) is 5.93. The molecule has 3 rings (SSSR count). The molecule has 3 aromatic rings. The number of likely N-dealkylation sites (N-methyl/N-ethyl adjacent to an activating group) is 1. The van der Waals surface area contributed by atoms with Crippen LogP contribution in [0.3, 0.4) is 0 Å². The van der Waals surface area contributed by atoms with E-state index in [0.717, 1.165) is 16.8 Å². The van der Waals surface area contributed by atoms with Gasteiger partial charge in [0.1, 0.15) is 12.4 Å². The van der Waals surface area contributed by atoms with E-state index >= 15 is 0 Å². The van der Waals surface area contributed by atoms with Crippen molar-refractivity contribution in [1.29, 1.82) is 0 Å². The summed E-state index contributed by atoms with van der Waals surface area (Å²) in [5.41, 5.74) is 1.60. The van der Waals surface area contributed by atoms with Gasteiger partial charge < -0.3 is 4.74 Å². The quantitative estimate of drug-likeness (QED) is 0.723. The Morgan fingerprint density at radius 2 is 1.79 bits per heavy atom. The highest BCUT2D eigenvalue weighted by Crippen LogP contribution is 2.19. The molecule has 0 fully saturated rings. The lowest BCUT2D eigenvalue weighted by Crippen LogP contribution is -2.37. The first-order valence-electron chi connectivity index (χ1n) is 7.93. The molecule has 1 unspecified atom stereocenters. The summed E-state index contributed by atoms with van der Waals surface area (Å²) in [5, 5.41) is 0. The van der Waals surface area contributed by atoms with Gasteiger partial charge in [-0.25, -0.2) is 4.98 Å². The normalized spacial score (nSPS) is 12.5. The van der Waals surface area contributed by atoms with Gasteiger partial charge in [0.25, 0.3) is 0 Å². The number of fused-ring (bicyclic) bond motifs is 1. The van der Waals surface area contributed by atoms with E-state index in [-0.39, 0.29) is 18.6 Å². The van der Waals surface area contributed by atoms with Gasteiger partial charge in [-0.15, -0.1) is 0 Å². The fourth-order valence-electron chi connectivity index (χ4n) is 2.49. The lowest BCUT2D eigenvalue weighted by Gasteiger charge is -2.20. The molecule has 5 heteroatoms. The van der Waals surface area contributed by atoms with Crippen molar-refractivity contribution >= 4 is 16.9 Å². The second kappa shape index (κ2) is 6.84. The number of hydrogen-bond donors (Lipinski definition) is 0. The van der Waals surface area contributed by atoms with Crippen molar-refractivity contribution < 1.29 is 9.53 Å². The number of carbonyl (C=O) groups is 1. The summed E-state index contributed by atoms with van der Waals surface area (Å²) in [6.07, 6.45) is 0. The Balaban J connectivity index is 1.97. The second-order valence-electron chi connectivity index (χ2n) is 5.93. The van der Waals surface area contributed by atoms with Crippen LogP contribution in [-0.4, -0.2) is 40.5 Å². The Kier molecular flexibility index (Phi) is 4.62. The van der Waals surface area contributed by atoms with Gasteiger partial charge in [-0.3, -0.25) is 14.3 Å². The molecule has 1 heterocycles. The maximum atomic E-state index is 12.9. The van der Waals surface area contributed by atoms with Crippen molar-refractivity contribution in [1.82, 2.24) is 14.5 Å². The topological polar surface area (TPSA) is 47.4 Å². The maximum Gasteiger partial charge on any atom is 0.249 e. The third-order valence-electron chi connectivity index (χ3n) is 4.09. The molecule has 0 N–H and O–H groups in total. The van der Waals surface area contributed by atoms with Crippen LogP contribution >= 0.6 is 0 Å². The van der Waals surface area contributed by atoms with E-state index in [9.17, 15) is 4.79 Å². The van der Waals surface area contributed by atoms with Crippen LogP contribution < -0.4 is 4.74 Å². The van der Waals surface area contributed by atoms with Crippen LogP contribution in [0.1, 0.15) is 17.5 Å². The van der Waals surface area contributed by atoms with Gasteiger partial charge in [-0.05, 0) is 45.3 Å². The predicted octanol–water partition coefficient (Wildman–Crippen LogP) is 3.21. The lowest BCUT2D eigenvalue weighted by molar-refractivity contribution is 0.0800. The molecule has 5 nitrogen and oxygen atoms in total. The summed E-state index contributed by atoms with van der Waals surface area (Å²) in [6, 6.07) is 16.9. The number of hydrogen-bond acceptors (Lipinski definition) is 4. The predicted molar refractivity (Wildman–Crippen MR) is 94.3 cm³/mol. The van der Waals surface area contributed by atoms with E-state index in [1.165, 1.54) is 0 Å². The molecule has 0 radical (unpaired) electrons. The third-order valence-corrected chi connectivity index (χ3v) is 4.09. The third kappa shape index (κ3) is 3.16. The largest absolute Gasteiger partial charge is 0.486 e. The Morgan fingerprint density at radius 3 is 2.50 bits per heavy atom. The molecule has 1 atom stereocenters. The zero-order valence-corrected chi connectivity index (χ0v) is 14.1. The number of rotatable bonds is 5. The first kappa shape index (κ1) is 16.2. The summed E-state index contributed by atoms with van der Waals surface area (Å²) >= 11 is 0. The molecule has 124 valence electrons. The van der Waals surface area contributed by atoms with Crippen molar-refractivity contribution in [2.75, 3.05) is 14.1 Å². The van der Waals surface area contributed by atoms with E-state index in [4.69, 9.17) is 4.74 Å². The Hall–Kier alpha value is -2.66. The number of carbonyl (C=O) groups excluding carboxylic acids is 1. The monoisotopic (exact) mass is 323 g/mol. The molecule has 0 aliphatic heterocycles. The molecule has 0 aliphatic carbocycles. The van der Waals surface area contributed by atoms with E-state index in [0.29, 0.717) is 5.82 Å². The SMILES string of the molecule is CC(C(=O)n1c(COc2ccccc2)nc2ccccc21)N(C)C. The van der Waals surface area contributed by atoms with Crippen LogP contribution in [0.5, 0.6) is 5.75 Å². The molecular formula is C19H21N3O2. The van der Waals surface area contributed by atoms with Gasteiger partial charge in [0.05, 0.1) is 17.1 Å². The summed E-state index contributed by atoms with van der Waals surface area (Å²) in [6.45, 7) is 2.13. The Labute approximate surface area is 141 Å². The minimum atomic E-state index is -0.252. The summed E-state index contributed by atoms with van der Waals surface area (Å²) in [7, 11) is 3.78. The Morgan fingerprint density at radius 1 is 1.12 bits per heavy atom. The van der Waals surface area contributed by atoms with E-state index in [2.05, 4.69) is 4.98 Å². The maximum absolute atomic E-state index is 12.9. The summed E-state index contributed by atoms with van der Waals surface area (Å²) in [4.78, 5) is 19.4.